The van der Waals surface area contributed by atoms with Crippen molar-refractivity contribution < 1.29 is 18.3 Å². The lowest BCUT2D eigenvalue weighted by atomic mass is 9.46. The number of alkyl halides is 2. The molecule has 6 nitrogen and oxygen atoms in total. The molecule has 4 fully saturated rings. The van der Waals surface area contributed by atoms with Crippen LogP contribution in [0.1, 0.15) is 39.0 Å². The molecule has 32 heavy (non-hydrogen) atoms. The van der Waals surface area contributed by atoms with Crippen molar-refractivity contribution in [2.45, 2.75) is 63.8 Å². The van der Waals surface area contributed by atoms with Crippen LogP contribution >= 0.6 is 24.0 Å². The first kappa shape index (κ1) is 23.8. The van der Waals surface area contributed by atoms with Crippen LogP contribution in [-0.2, 0) is 4.74 Å². The zero-order valence-electron chi connectivity index (χ0n) is 18.4. The second-order valence-corrected chi connectivity index (χ2v) is 9.20. The molecule has 2 heterocycles. The van der Waals surface area contributed by atoms with E-state index in [0.717, 1.165) is 38.5 Å². The lowest BCUT2D eigenvalue weighted by molar-refractivity contribution is -0.171. The number of ether oxygens (including phenoxy) is 2. The predicted octanol–water partition coefficient (Wildman–Crippen LogP) is 4.00. The third kappa shape index (κ3) is 4.26. The summed E-state index contributed by atoms with van der Waals surface area (Å²) in [7, 11) is 0. The molecule has 2 aliphatic carbocycles. The summed E-state index contributed by atoms with van der Waals surface area (Å²) in [6, 6.07) is 7.65. The van der Waals surface area contributed by atoms with Gasteiger partial charge in [-0.05, 0) is 44.7 Å². The Morgan fingerprint density at radius 1 is 1.28 bits per heavy atom. The number of benzene rings is 1. The van der Waals surface area contributed by atoms with Gasteiger partial charge in [-0.3, -0.25) is 4.99 Å². The number of halogens is 3. The Bertz CT molecular complexity index is 823. The molecule has 4 unspecified atom stereocenters. The van der Waals surface area contributed by atoms with Crippen LogP contribution in [0.15, 0.2) is 29.3 Å². The number of fused-ring (bicyclic) bond motifs is 2. The summed E-state index contributed by atoms with van der Waals surface area (Å²) < 4.78 is 36.3. The highest BCUT2D eigenvalue weighted by Crippen LogP contribution is 2.62. The van der Waals surface area contributed by atoms with Crippen molar-refractivity contribution in [3.63, 3.8) is 0 Å². The fraction of sp³-hybridized carbons (Fsp3) is 0.696. The van der Waals surface area contributed by atoms with E-state index in [9.17, 15) is 8.78 Å². The number of rotatable bonds is 6. The first-order chi connectivity index (χ1) is 15.1. The molecular weight excluding hydrogens is 529 g/mol. The van der Waals surface area contributed by atoms with E-state index in [1.807, 2.05) is 19.1 Å². The Morgan fingerprint density at radius 2 is 2.09 bits per heavy atom. The molecule has 0 bridgehead atoms. The van der Waals surface area contributed by atoms with Gasteiger partial charge in [0, 0.05) is 49.7 Å². The van der Waals surface area contributed by atoms with Crippen LogP contribution in [-0.4, -0.2) is 57.0 Å². The summed E-state index contributed by atoms with van der Waals surface area (Å²) >= 11 is 0. The van der Waals surface area contributed by atoms with Crippen molar-refractivity contribution in [2.75, 3.05) is 31.1 Å². The second-order valence-electron chi connectivity index (χ2n) is 9.20. The number of nitrogens with zero attached hydrogens (tertiary/aromatic N) is 2. The molecule has 2 saturated carbocycles. The third-order valence-corrected chi connectivity index (χ3v) is 7.60. The van der Waals surface area contributed by atoms with Crippen LogP contribution in [0.3, 0.4) is 0 Å². The number of hydrogen-bond acceptors (Lipinski definition) is 4. The van der Waals surface area contributed by atoms with Crippen LogP contribution in [0.4, 0.5) is 14.5 Å². The van der Waals surface area contributed by atoms with Gasteiger partial charge in [-0.1, -0.05) is 18.6 Å². The zero-order chi connectivity index (χ0) is 21.4. The maximum absolute atomic E-state index is 12.8. The summed E-state index contributed by atoms with van der Waals surface area (Å²) in [5.74, 6) is 1.68. The van der Waals surface area contributed by atoms with Gasteiger partial charge in [0.25, 0.3) is 0 Å². The van der Waals surface area contributed by atoms with E-state index in [2.05, 4.69) is 15.5 Å². The van der Waals surface area contributed by atoms with Gasteiger partial charge in [-0.25, -0.2) is 0 Å². The summed E-state index contributed by atoms with van der Waals surface area (Å²) in [4.78, 5) is 6.82. The predicted molar refractivity (Wildman–Crippen MR) is 131 cm³/mol. The van der Waals surface area contributed by atoms with Gasteiger partial charge >= 0.3 is 6.61 Å². The SMILES string of the molecule is CCN=C(NC1CCN(c2ccccc2OC(F)F)C1)NC1C2CCOC2C12CCC2.I. The molecule has 1 aromatic rings. The molecular formula is C23H33F2IN4O2. The maximum Gasteiger partial charge on any atom is 0.387 e. The molecule has 0 aromatic heterocycles. The highest BCUT2D eigenvalue weighted by molar-refractivity contribution is 14.0. The second kappa shape index (κ2) is 9.87. The minimum Gasteiger partial charge on any atom is -0.433 e. The van der Waals surface area contributed by atoms with Gasteiger partial charge in [0.15, 0.2) is 5.96 Å². The van der Waals surface area contributed by atoms with Crippen molar-refractivity contribution in [1.29, 1.82) is 0 Å². The molecule has 0 radical (unpaired) electrons. The minimum atomic E-state index is -2.82. The third-order valence-electron chi connectivity index (χ3n) is 7.60. The average molecular weight is 562 g/mol. The summed E-state index contributed by atoms with van der Waals surface area (Å²) in [6.07, 6.45) is 6.23. The molecule has 0 amide bonds. The minimum absolute atomic E-state index is 0. The standard InChI is InChI=1S/C23H32F2N4O2.HI/c1-2-26-22(28-19-16-9-13-30-20(16)23(19)10-5-11-23)27-15-8-12-29(14-15)17-6-3-4-7-18(17)31-21(24)25;/h3-4,6-7,15-16,19-21H,2,5,8-14H2,1H3,(H2,26,27,28);1H. The Labute approximate surface area is 205 Å². The summed E-state index contributed by atoms with van der Waals surface area (Å²) in [5, 5.41) is 7.36. The smallest absolute Gasteiger partial charge is 0.387 e. The highest BCUT2D eigenvalue weighted by atomic mass is 127. The molecule has 2 saturated heterocycles. The molecule has 1 spiro atoms. The van der Waals surface area contributed by atoms with E-state index in [-0.39, 0.29) is 35.8 Å². The molecule has 2 aliphatic heterocycles. The molecule has 178 valence electrons. The lowest BCUT2D eigenvalue weighted by Crippen LogP contribution is -2.72. The van der Waals surface area contributed by atoms with Gasteiger partial charge in [-0.15, -0.1) is 24.0 Å². The fourth-order valence-electron chi connectivity index (χ4n) is 6.10. The fourth-order valence-corrected chi connectivity index (χ4v) is 6.10. The van der Waals surface area contributed by atoms with E-state index in [0.29, 0.717) is 35.7 Å². The van der Waals surface area contributed by atoms with E-state index in [4.69, 9.17) is 14.5 Å². The van der Waals surface area contributed by atoms with Crippen LogP contribution in [0, 0.1) is 11.3 Å². The molecule has 4 aliphatic rings. The molecule has 1 aromatic carbocycles. The molecule has 4 atom stereocenters. The highest BCUT2D eigenvalue weighted by Gasteiger charge is 2.66. The van der Waals surface area contributed by atoms with Gasteiger partial charge in [0.1, 0.15) is 5.75 Å². The van der Waals surface area contributed by atoms with E-state index < -0.39 is 6.61 Å². The van der Waals surface area contributed by atoms with Crippen molar-refractivity contribution in [1.82, 2.24) is 10.6 Å². The van der Waals surface area contributed by atoms with Crippen LogP contribution in [0.25, 0.3) is 0 Å². The summed E-state index contributed by atoms with van der Waals surface area (Å²) in [5.41, 5.74) is 1.01. The zero-order valence-corrected chi connectivity index (χ0v) is 20.8. The number of nitrogens with one attached hydrogen (secondary N) is 2. The molecule has 2 N–H and O–H groups in total. The lowest BCUT2D eigenvalue weighted by Gasteiger charge is -2.63. The van der Waals surface area contributed by atoms with E-state index in [1.54, 1.807) is 12.1 Å². The van der Waals surface area contributed by atoms with E-state index >= 15 is 0 Å². The molecule has 5 rings (SSSR count). The van der Waals surface area contributed by atoms with Crippen molar-refractivity contribution in [3.8, 4) is 5.75 Å². The monoisotopic (exact) mass is 562 g/mol. The number of guanidine groups is 1. The Kier molecular flexibility index (Phi) is 7.33. The topological polar surface area (TPSA) is 58.1 Å². The van der Waals surface area contributed by atoms with Crippen molar-refractivity contribution in [3.05, 3.63) is 24.3 Å². The van der Waals surface area contributed by atoms with Gasteiger partial charge in [0.2, 0.25) is 0 Å². The first-order valence-corrected chi connectivity index (χ1v) is 11.6. The average Bonchev–Trinajstić information content (AvgIpc) is 3.33. The van der Waals surface area contributed by atoms with Gasteiger partial charge < -0.3 is 25.0 Å². The maximum atomic E-state index is 12.8. The van der Waals surface area contributed by atoms with Crippen LogP contribution < -0.4 is 20.3 Å². The Morgan fingerprint density at radius 3 is 2.81 bits per heavy atom. The first-order valence-electron chi connectivity index (χ1n) is 11.6. The van der Waals surface area contributed by atoms with Crippen molar-refractivity contribution in [2.24, 2.45) is 16.3 Å². The van der Waals surface area contributed by atoms with Gasteiger partial charge in [-0.2, -0.15) is 8.78 Å². The normalized spacial score (nSPS) is 30.4. The van der Waals surface area contributed by atoms with Crippen LogP contribution in [0.2, 0.25) is 0 Å². The number of para-hydroxylation sites is 2. The van der Waals surface area contributed by atoms with Gasteiger partial charge in [0.05, 0.1) is 11.8 Å². The molecule has 9 heteroatoms. The van der Waals surface area contributed by atoms with E-state index in [1.165, 1.54) is 19.3 Å². The Hall–Kier alpha value is -1.36. The van der Waals surface area contributed by atoms with Crippen LogP contribution in [0.5, 0.6) is 5.75 Å². The number of aliphatic imine (C=N–C) groups is 1. The quantitative estimate of drug-likeness (QED) is 0.312. The largest absolute Gasteiger partial charge is 0.433 e. The Balaban J connectivity index is 0.00000245. The number of anilines is 1. The number of hydrogen-bond donors (Lipinski definition) is 2. The summed E-state index contributed by atoms with van der Waals surface area (Å²) in [6.45, 7) is 2.31. The van der Waals surface area contributed by atoms with Crippen molar-refractivity contribution >= 4 is 35.6 Å².